The summed E-state index contributed by atoms with van der Waals surface area (Å²) >= 11 is 7.04. The molecule has 1 heterocycles. The molecule has 0 atom stereocenters. The first kappa shape index (κ1) is 21.5. The van der Waals surface area contributed by atoms with E-state index in [9.17, 15) is 13.2 Å². The van der Waals surface area contributed by atoms with E-state index in [1.54, 1.807) is 49.4 Å². The number of amides is 1. The van der Waals surface area contributed by atoms with Crippen LogP contribution >= 0.6 is 23.4 Å². The Kier molecular flexibility index (Phi) is 6.71. The van der Waals surface area contributed by atoms with Gasteiger partial charge in [-0.25, -0.2) is 17.4 Å². The molecule has 0 fully saturated rings. The van der Waals surface area contributed by atoms with Crippen LogP contribution in [0.3, 0.4) is 0 Å². The molecule has 29 heavy (non-hydrogen) atoms. The quantitative estimate of drug-likeness (QED) is 0.518. The van der Waals surface area contributed by atoms with Gasteiger partial charge in [0.2, 0.25) is 15.9 Å². The van der Waals surface area contributed by atoms with E-state index in [2.05, 4.69) is 10.3 Å². The maximum absolute atomic E-state index is 12.8. The van der Waals surface area contributed by atoms with Gasteiger partial charge in [0, 0.05) is 5.02 Å². The first-order valence-corrected chi connectivity index (χ1v) is 11.8. The zero-order chi connectivity index (χ0) is 21.0. The normalized spacial score (nSPS) is 11.6. The van der Waals surface area contributed by atoms with Crippen molar-refractivity contribution in [3.8, 4) is 5.75 Å². The van der Waals surface area contributed by atoms with Crippen LogP contribution in [0.25, 0.3) is 11.0 Å². The van der Waals surface area contributed by atoms with Gasteiger partial charge < -0.3 is 10.1 Å². The number of rotatable bonds is 8. The lowest BCUT2D eigenvalue weighted by Crippen LogP contribution is -2.19. The van der Waals surface area contributed by atoms with Gasteiger partial charge in [0.05, 0.1) is 35.3 Å². The highest BCUT2D eigenvalue weighted by molar-refractivity contribution is 8.00. The fourth-order valence-electron chi connectivity index (χ4n) is 2.79. The molecule has 0 bridgehead atoms. The number of thioether (sulfide) groups is 1. The number of aromatic nitrogens is 2. The van der Waals surface area contributed by atoms with E-state index in [1.807, 2.05) is 0 Å². The van der Waals surface area contributed by atoms with E-state index in [4.69, 9.17) is 16.3 Å². The topological polar surface area (TPSA) is 90.3 Å². The van der Waals surface area contributed by atoms with Crippen LogP contribution in [0.2, 0.25) is 5.02 Å². The van der Waals surface area contributed by atoms with Crippen molar-refractivity contribution < 1.29 is 17.9 Å². The molecule has 1 N–H and O–H groups in total. The minimum absolute atomic E-state index is 0.00712. The Morgan fingerprint density at radius 1 is 1.28 bits per heavy atom. The molecule has 0 saturated heterocycles. The van der Waals surface area contributed by atoms with Crippen molar-refractivity contribution in [2.75, 3.05) is 23.9 Å². The Bertz CT molecular complexity index is 1150. The van der Waals surface area contributed by atoms with Crippen LogP contribution in [0, 0.1) is 0 Å². The number of ether oxygens (including phenoxy) is 1. The van der Waals surface area contributed by atoms with Gasteiger partial charge in [0.25, 0.3) is 0 Å². The zero-order valence-corrected chi connectivity index (χ0v) is 18.3. The van der Waals surface area contributed by atoms with Crippen LogP contribution < -0.4 is 10.1 Å². The molecule has 0 spiro atoms. The number of methoxy groups -OCH3 is 1. The lowest BCUT2D eigenvalue weighted by atomic mass is 10.3. The number of anilines is 1. The van der Waals surface area contributed by atoms with Gasteiger partial charge in [-0.1, -0.05) is 42.4 Å². The summed E-state index contributed by atoms with van der Waals surface area (Å²) in [6.07, 6.45) is 0.480. The Balaban J connectivity index is 1.84. The maximum Gasteiger partial charge on any atom is 0.241 e. The third-order valence-electron chi connectivity index (χ3n) is 4.00. The highest BCUT2D eigenvalue weighted by atomic mass is 35.5. The number of nitrogens with one attached hydrogen (secondary N) is 1. The van der Waals surface area contributed by atoms with Crippen molar-refractivity contribution in [1.82, 2.24) is 8.96 Å². The summed E-state index contributed by atoms with van der Waals surface area (Å²) in [6, 6.07) is 11.9. The molecule has 0 aliphatic rings. The fraction of sp³-hybridized carbons (Fsp3) is 0.263. The zero-order valence-electron chi connectivity index (χ0n) is 15.9. The average molecular weight is 454 g/mol. The van der Waals surface area contributed by atoms with Crippen molar-refractivity contribution in [2.45, 2.75) is 18.5 Å². The number of hydrogen-bond donors (Lipinski definition) is 1. The second kappa shape index (κ2) is 9.06. The number of imidazole rings is 1. The SMILES string of the molecule is CCCS(=O)(=O)n1c(SCC(=O)Nc2cc(Cl)ccc2OC)nc2ccccc21. The Morgan fingerprint density at radius 3 is 2.76 bits per heavy atom. The number of fused-ring (bicyclic) bond motifs is 1. The van der Waals surface area contributed by atoms with Gasteiger partial charge >= 0.3 is 0 Å². The molecule has 154 valence electrons. The predicted molar refractivity (Wildman–Crippen MR) is 117 cm³/mol. The number of para-hydroxylation sites is 2. The summed E-state index contributed by atoms with van der Waals surface area (Å²) in [6.45, 7) is 1.80. The van der Waals surface area contributed by atoms with E-state index < -0.39 is 10.0 Å². The number of nitrogens with zero attached hydrogens (tertiary/aromatic N) is 2. The molecule has 7 nitrogen and oxygen atoms in total. The summed E-state index contributed by atoms with van der Waals surface area (Å²) < 4.78 is 32.0. The van der Waals surface area contributed by atoms with Crippen LogP contribution in [0.5, 0.6) is 5.75 Å². The Labute approximate surface area is 178 Å². The van der Waals surface area contributed by atoms with E-state index in [1.165, 1.54) is 11.1 Å². The first-order chi connectivity index (χ1) is 13.9. The Hall–Kier alpha value is -2.23. The van der Waals surface area contributed by atoms with Gasteiger partial charge in [-0.3, -0.25) is 4.79 Å². The number of hydrogen-bond acceptors (Lipinski definition) is 6. The molecule has 0 unspecified atom stereocenters. The average Bonchev–Trinajstić information content (AvgIpc) is 3.06. The summed E-state index contributed by atoms with van der Waals surface area (Å²) in [5.41, 5.74) is 1.50. The predicted octanol–water partition coefficient (Wildman–Crippen LogP) is 4.02. The second-order valence-electron chi connectivity index (χ2n) is 6.14. The standard InChI is InChI=1S/C19H20ClN3O4S2/c1-3-10-29(25,26)23-16-7-5-4-6-14(16)22-19(23)28-12-18(24)21-15-11-13(20)8-9-17(15)27-2/h4-9,11H,3,10,12H2,1-2H3,(H,21,24). The van der Waals surface area contributed by atoms with Crippen molar-refractivity contribution in [1.29, 1.82) is 0 Å². The highest BCUT2D eigenvalue weighted by Gasteiger charge is 2.22. The van der Waals surface area contributed by atoms with E-state index in [-0.39, 0.29) is 22.6 Å². The monoisotopic (exact) mass is 453 g/mol. The van der Waals surface area contributed by atoms with Crippen LogP contribution in [-0.4, -0.2) is 41.9 Å². The lowest BCUT2D eigenvalue weighted by Gasteiger charge is -2.11. The molecule has 0 aliphatic carbocycles. The van der Waals surface area contributed by atoms with Gasteiger partial charge in [-0.15, -0.1) is 0 Å². The molecule has 1 aromatic heterocycles. The van der Waals surface area contributed by atoms with Crippen molar-refractivity contribution in [3.05, 3.63) is 47.5 Å². The molecule has 10 heteroatoms. The van der Waals surface area contributed by atoms with Gasteiger partial charge in [0.15, 0.2) is 5.16 Å². The summed E-state index contributed by atoms with van der Waals surface area (Å²) in [5, 5.41) is 3.45. The molecular formula is C19H20ClN3O4S2. The molecule has 1 amide bonds. The van der Waals surface area contributed by atoms with Gasteiger partial charge in [-0.2, -0.15) is 0 Å². The van der Waals surface area contributed by atoms with Crippen LogP contribution in [-0.2, 0) is 14.8 Å². The summed E-state index contributed by atoms with van der Waals surface area (Å²) in [4.78, 5) is 16.9. The van der Waals surface area contributed by atoms with Crippen LogP contribution in [0.15, 0.2) is 47.6 Å². The Morgan fingerprint density at radius 2 is 2.03 bits per heavy atom. The minimum Gasteiger partial charge on any atom is -0.495 e. The van der Waals surface area contributed by atoms with Crippen LogP contribution in [0.1, 0.15) is 13.3 Å². The number of halogens is 1. The van der Waals surface area contributed by atoms with Crippen molar-refractivity contribution >= 4 is 56.0 Å². The molecule has 0 radical (unpaired) electrons. The van der Waals surface area contributed by atoms with Crippen molar-refractivity contribution in [2.24, 2.45) is 0 Å². The number of carbonyl (C=O) groups is 1. The van der Waals surface area contributed by atoms with E-state index >= 15 is 0 Å². The van der Waals surface area contributed by atoms with Gasteiger partial charge in [0.1, 0.15) is 5.75 Å². The van der Waals surface area contributed by atoms with Crippen LogP contribution in [0.4, 0.5) is 5.69 Å². The minimum atomic E-state index is -3.58. The van der Waals surface area contributed by atoms with Crippen molar-refractivity contribution in [3.63, 3.8) is 0 Å². The number of carbonyl (C=O) groups excluding carboxylic acids is 1. The molecule has 3 rings (SSSR count). The van der Waals surface area contributed by atoms with E-state index in [0.717, 1.165) is 11.8 Å². The third-order valence-corrected chi connectivity index (χ3v) is 7.14. The largest absolute Gasteiger partial charge is 0.495 e. The first-order valence-electron chi connectivity index (χ1n) is 8.82. The summed E-state index contributed by atoms with van der Waals surface area (Å²) in [7, 11) is -2.09. The molecular weight excluding hydrogens is 434 g/mol. The van der Waals surface area contributed by atoms with Gasteiger partial charge in [-0.05, 0) is 36.8 Å². The highest BCUT2D eigenvalue weighted by Crippen LogP contribution is 2.29. The molecule has 3 aromatic rings. The smallest absolute Gasteiger partial charge is 0.241 e. The third kappa shape index (κ3) is 4.85. The van der Waals surface area contributed by atoms with E-state index in [0.29, 0.717) is 33.9 Å². The molecule has 2 aromatic carbocycles. The number of benzene rings is 2. The fourth-order valence-corrected chi connectivity index (χ4v) is 5.60. The summed E-state index contributed by atoms with van der Waals surface area (Å²) in [5.74, 6) is 0.112. The second-order valence-corrected chi connectivity index (χ2v) is 9.46. The molecule has 0 aliphatic heterocycles. The molecule has 0 saturated carbocycles. The lowest BCUT2D eigenvalue weighted by molar-refractivity contribution is -0.113. The maximum atomic E-state index is 12.8.